The molecule has 6 heteroatoms. The number of hydrogen-bond acceptors (Lipinski definition) is 4. The predicted octanol–water partition coefficient (Wildman–Crippen LogP) is 1.05. The summed E-state index contributed by atoms with van der Waals surface area (Å²) < 4.78 is 5.18. The predicted molar refractivity (Wildman–Crippen MR) is 65.1 cm³/mol. The number of amides is 1. The van der Waals surface area contributed by atoms with Crippen molar-refractivity contribution in [1.82, 2.24) is 10.3 Å². The molecule has 2 N–H and O–H groups in total. The average molecular weight is 256 g/mol. The monoisotopic (exact) mass is 255 g/mol. The van der Waals surface area contributed by atoms with Gasteiger partial charge in [-0.25, -0.2) is 4.98 Å². The number of pyridine rings is 1. The van der Waals surface area contributed by atoms with Gasteiger partial charge in [-0.1, -0.05) is 11.6 Å². The molecule has 0 aromatic carbocycles. The van der Waals surface area contributed by atoms with Gasteiger partial charge in [-0.15, -0.1) is 0 Å². The highest BCUT2D eigenvalue weighted by Gasteiger charge is 2.29. The summed E-state index contributed by atoms with van der Waals surface area (Å²) in [6.07, 6.45) is 2.32. The Morgan fingerprint density at radius 1 is 1.71 bits per heavy atom. The third-order valence-corrected chi connectivity index (χ3v) is 2.95. The van der Waals surface area contributed by atoms with E-state index in [4.69, 9.17) is 16.3 Å². The quantitative estimate of drug-likeness (QED) is 0.848. The first-order chi connectivity index (χ1) is 8.19. The van der Waals surface area contributed by atoms with Crippen LogP contribution in [0.5, 0.6) is 0 Å². The van der Waals surface area contributed by atoms with Crippen LogP contribution in [0.3, 0.4) is 0 Å². The highest BCUT2D eigenvalue weighted by atomic mass is 35.5. The summed E-state index contributed by atoms with van der Waals surface area (Å²) in [7, 11) is 1.64. The Morgan fingerprint density at radius 2 is 2.53 bits per heavy atom. The minimum absolute atomic E-state index is 0.0954. The summed E-state index contributed by atoms with van der Waals surface area (Å²) >= 11 is 5.81. The molecule has 2 atom stereocenters. The van der Waals surface area contributed by atoms with E-state index < -0.39 is 0 Å². The number of anilines is 1. The third kappa shape index (κ3) is 3.15. The number of hydrogen-bond donors (Lipinski definition) is 2. The molecule has 0 radical (unpaired) electrons. The van der Waals surface area contributed by atoms with Crippen LogP contribution in [0.25, 0.3) is 0 Å². The Labute approximate surface area is 105 Å². The average Bonchev–Trinajstić information content (AvgIpc) is 2.77. The van der Waals surface area contributed by atoms with Crippen LogP contribution in [-0.4, -0.2) is 36.7 Å². The molecule has 2 heterocycles. The molecule has 1 aromatic heterocycles. The standard InChI is InChI=1S/C11H14ClN3O2/c1-17-8-5-9(14-6-8)11(16)15-10-4-7(12)2-3-13-10/h2-4,8-9,14H,5-6H2,1H3,(H,13,15,16). The number of carbonyl (C=O) groups is 1. The van der Waals surface area contributed by atoms with Crippen LogP contribution < -0.4 is 10.6 Å². The molecule has 1 saturated heterocycles. The van der Waals surface area contributed by atoms with Gasteiger partial charge >= 0.3 is 0 Å². The molecule has 1 aliphatic rings. The number of rotatable bonds is 3. The van der Waals surface area contributed by atoms with E-state index in [0.29, 0.717) is 23.8 Å². The van der Waals surface area contributed by atoms with Crippen LogP contribution >= 0.6 is 11.6 Å². The molecular formula is C11H14ClN3O2. The fraction of sp³-hybridized carbons (Fsp3) is 0.455. The van der Waals surface area contributed by atoms with Crippen molar-refractivity contribution in [2.24, 2.45) is 0 Å². The second kappa shape index (κ2) is 5.44. The van der Waals surface area contributed by atoms with Crippen molar-refractivity contribution in [3.05, 3.63) is 23.4 Å². The molecule has 1 amide bonds. The molecule has 0 saturated carbocycles. The van der Waals surface area contributed by atoms with E-state index in [9.17, 15) is 4.79 Å². The zero-order valence-corrected chi connectivity index (χ0v) is 10.2. The van der Waals surface area contributed by atoms with E-state index in [1.807, 2.05) is 0 Å². The zero-order valence-electron chi connectivity index (χ0n) is 9.44. The molecule has 5 nitrogen and oxygen atoms in total. The highest BCUT2D eigenvalue weighted by molar-refractivity contribution is 6.30. The van der Waals surface area contributed by atoms with E-state index >= 15 is 0 Å². The minimum Gasteiger partial charge on any atom is -0.380 e. The van der Waals surface area contributed by atoms with E-state index in [2.05, 4.69) is 15.6 Å². The summed E-state index contributed by atoms with van der Waals surface area (Å²) in [5.41, 5.74) is 0. The van der Waals surface area contributed by atoms with Crippen molar-refractivity contribution in [3.63, 3.8) is 0 Å². The molecule has 0 spiro atoms. The molecule has 0 bridgehead atoms. The number of halogens is 1. The molecule has 1 aliphatic heterocycles. The fourth-order valence-corrected chi connectivity index (χ4v) is 1.93. The Morgan fingerprint density at radius 3 is 3.18 bits per heavy atom. The lowest BCUT2D eigenvalue weighted by atomic mass is 10.2. The smallest absolute Gasteiger partial charge is 0.242 e. The van der Waals surface area contributed by atoms with Gasteiger partial charge in [0, 0.05) is 24.9 Å². The summed E-state index contributed by atoms with van der Waals surface area (Å²) in [6, 6.07) is 3.04. The minimum atomic E-state index is -0.235. The van der Waals surface area contributed by atoms with E-state index in [-0.39, 0.29) is 18.1 Å². The molecule has 0 aliphatic carbocycles. The Bertz CT molecular complexity index is 413. The second-order valence-corrected chi connectivity index (χ2v) is 4.34. The number of methoxy groups -OCH3 is 1. The molecule has 1 aromatic rings. The van der Waals surface area contributed by atoms with Crippen molar-refractivity contribution in [2.45, 2.75) is 18.6 Å². The normalized spacial score (nSPS) is 23.6. The maximum Gasteiger partial charge on any atom is 0.242 e. The summed E-state index contributed by atoms with van der Waals surface area (Å²) in [6.45, 7) is 0.692. The Kier molecular flexibility index (Phi) is 3.93. The lowest BCUT2D eigenvalue weighted by molar-refractivity contribution is -0.118. The van der Waals surface area contributed by atoms with Gasteiger partial charge < -0.3 is 15.4 Å². The maximum absolute atomic E-state index is 11.9. The number of aromatic nitrogens is 1. The van der Waals surface area contributed by atoms with E-state index in [1.165, 1.54) is 0 Å². The summed E-state index contributed by atoms with van der Waals surface area (Å²) in [5, 5.41) is 6.36. The Balaban J connectivity index is 1.93. The van der Waals surface area contributed by atoms with Gasteiger partial charge in [0.25, 0.3) is 0 Å². The number of nitrogens with one attached hydrogen (secondary N) is 2. The molecule has 2 rings (SSSR count). The first-order valence-electron chi connectivity index (χ1n) is 5.37. The van der Waals surface area contributed by atoms with Gasteiger partial charge in [-0.2, -0.15) is 0 Å². The third-order valence-electron chi connectivity index (χ3n) is 2.71. The van der Waals surface area contributed by atoms with Crippen molar-refractivity contribution >= 4 is 23.3 Å². The molecular weight excluding hydrogens is 242 g/mol. The van der Waals surface area contributed by atoms with E-state index in [1.54, 1.807) is 25.4 Å². The van der Waals surface area contributed by atoms with Crippen molar-refractivity contribution < 1.29 is 9.53 Å². The fourth-order valence-electron chi connectivity index (χ4n) is 1.77. The van der Waals surface area contributed by atoms with Gasteiger partial charge in [0.15, 0.2) is 0 Å². The molecule has 2 unspecified atom stereocenters. The first-order valence-corrected chi connectivity index (χ1v) is 5.75. The largest absolute Gasteiger partial charge is 0.380 e. The summed E-state index contributed by atoms with van der Waals surface area (Å²) in [5.74, 6) is 0.351. The van der Waals surface area contributed by atoms with E-state index in [0.717, 1.165) is 0 Å². The van der Waals surface area contributed by atoms with Gasteiger partial charge in [-0.3, -0.25) is 4.79 Å². The zero-order chi connectivity index (χ0) is 12.3. The van der Waals surface area contributed by atoms with Crippen molar-refractivity contribution in [2.75, 3.05) is 19.0 Å². The number of ether oxygens (including phenoxy) is 1. The van der Waals surface area contributed by atoms with Crippen molar-refractivity contribution in [1.29, 1.82) is 0 Å². The van der Waals surface area contributed by atoms with Crippen LogP contribution in [0.1, 0.15) is 6.42 Å². The van der Waals surface area contributed by atoms with Gasteiger partial charge in [0.2, 0.25) is 5.91 Å². The Hall–Kier alpha value is -1.17. The van der Waals surface area contributed by atoms with Gasteiger partial charge in [0.05, 0.1) is 12.1 Å². The highest BCUT2D eigenvalue weighted by Crippen LogP contribution is 2.14. The van der Waals surface area contributed by atoms with Crippen LogP contribution in [0.15, 0.2) is 18.3 Å². The lowest BCUT2D eigenvalue weighted by Crippen LogP contribution is -2.35. The number of carbonyl (C=O) groups excluding carboxylic acids is 1. The van der Waals surface area contributed by atoms with Crippen LogP contribution in [-0.2, 0) is 9.53 Å². The lowest BCUT2D eigenvalue weighted by Gasteiger charge is -2.10. The van der Waals surface area contributed by atoms with Gasteiger partial charge in [-0.05, 0) is 18.6 Å². The van der Waals surface area contributed by atoms with Crippen LogP contribution in [0, 0.1) is 0 Å². The van der Waals surface area contributed by atoms with Crippen molar-refractivity contribution in [3.8, 4) is 0 Å². The number of nitrogens with zero attached hydrogens (tertiary/aromatic N) is 1. The van der Waals surface area contributed by atoms with Gasteiger partial charge in [0.1, 0.15) is 5.82 Å². The topological polar surface area (TPSA) is 63.2 Å². The van der Waals surface area contributed by atoms with Crippen LogP contribution in [0.4, 0.5) is 5.82 Å². The first kappa shape index (κ1) is 12.3. The summed E-state index contributed by atoms with van der Waals surface area (Å²) in [4.78, 5) is 15.9. The second-order valence-electron chi connectivity index (χ2n) is 3.90. The molecule has 1 fully saturated rings. The molecule has 17 heavy (non-hydrogen) atoms. The maximum atomic E-state index is 11.9. The SMILES string of the molecule is COC1CNC(C(=O)Nc2cc(Cl)ccn2)C1. The van der Waals surface area contributed by atoms with Crippen LogP contribution in [0.2, 0.25) is 5.02 Å². The molecule has 92 valence electrons.